The van der Waals surface area contributed by atoms with E-state index < -0.39 is 6.17 Å². The van der Waals surface area contributed by atoms with Crippen LogP contribution in [0.4, 0.5) is 4.39 Å². The summed E-state index contributed by atoms with van der Waals surface area (Å²) in [5.41, 5.74) is 0.897. The van der Waals surface area contributed by atoms with E-state index in [0.29, 0.717) is 18.0 Å². The normalized spacial score (nSPS) is 13.8. The number of hydrogen-bond donors (Lipinski definition) is 1. The van der Waals surface area contributed by atoms with Crippen molar-refractivity contribution in [3.05, 3.63) is 34.9 Å². The predicted octanol–water partition coefficient (Wildman–Crippen LogP) is 3.61. The lowest BCUT2D eigenvalue weighted by molar-refractivity contribution is 0.284. The highest BCUT2D eigenvalue weighted by atomic mass is 35.5. The van der Waals surface area contributed by atoms with Crippen molar-refractivity contribution in [1.29, 1.82) is 0 Å². The number of hydrogen-bond acceptors (Lipinski definition) is 1. The predicted molar refractivity (Wildman–Crippen MR) is 67.8 cm³/mol. The quantitative estimate of drug-likeness (QED) is 0.852. The molecule has 90 valence electrons. The second-order valence-corrected chi connectivity index (χ2v) is 5.50. The third-order valence-electron chi connectivity index (χ3n) is 2.20. The van der Waals surface area contributed by atoms with Crippen LogP contribution < -0.4 is 5.32 Å². The summed E-state index contributed by atoms with van der Waals surface area (Å²) in [6.45, 7) is 6.45. The molecule has 0 aromatic heterocycles. The van der Waals surface area contributed by atoms with Gasteiger partial charge in [-0.3, -0.25) is 0 Å². The van der Waals surface area contributed by atoms with Crippen molar-refractivity contribution in [3.63, 3.8) is 0 Å². The van der Waals surface area contributed by atoms with Crippen LogP contribution in [0.3, 0.4) is 0 Å². The lowest BCUT2D eigenvalue weighted by Gasteiger charge is -2.22. The van der Waals surface area contributed by atoms with Crippen molar-refractivity contribution in [2.75, 3.05) is 6.54 Å². The van der Waals surface area contributed by atoms with Gasteiger partial charge in [0.25, 0.3) is 0 Å². The fourth-order valence-electron chi connectivity index (χ4n) is 1.41. The highest BCUT2D eigenvalue weighted by Gasteiger charge is 2.13. The minimum atomic E-state index is -0.877. The number of alkyl halides is 1. The average Bonchev–Trinajstić information content (AvgIpc) is 2.14. The Hall–Kier alpha value is -0.600. The largest absolute Gasteiger partial charge is 0.309 e. The molecule has 1 nitrogen and oxygen atoms in total. The maximum absolute atomic E-state index is 13.6. The van der Waals surface area contributed by atoms with Crippen molar-refractivity contribution < 1.29 is 4.39 Å². The molecule has 1 aromatic carbocycles. The Balaban J connectivity index is 2.43. The molecule has 0 heterocycles. The zero-order valence-electron chi connectivity index (χ0n) is 10.1. The molecule has 0 aliphatic heterocycles. The molecule has 16 heavy (non-hydrogen) atoms. The van der Waals surface area contributed by atoms with Gasteiger partial charge in [-0.1, -0.05) is 23.7 Å². The highest BCUT2D eigenvalue weighted by molar-refractivity contribution is 6.30. The topological polar surface area (TPSA) is 12.0 Å². The molecule has 1 rings (SSSR count). The summed E-state index contributed by atoms with van der Waals surface area (Å²) < 4.78 is 13.6. The van der Waals surface area contributed by atoms with Gasteiger partial charge in [-0.15, -0.1) is 0 Å². The molecule has 0 aliphatic carbocycles. The fraction of sp³-hybridized carbons (Fsp3) is 0.538. The molecule has 0 aliphatic rings. The molecule has 0 amide bonds. The van der Waals surface area contributed by atoms with Crippen LogP contribution in [0.1, 0.15) is 26.3 Å². The second kappa shape index (κ2) is 5.65. The summed E-state index contributed by atoms with van der Waals surface area (Å²) in [7, 11) is 0. The molecule has 0 radical (unpaired) electrons. The van der Waals surface area contributed by atoms with E-state index in [0.717, 1.165) is 5.56 Å². The monoisotopic (exact) mass is 243 g/mol. The molecule has 0 saturated carbocycles. The lowest BCUT2D eigenvalue weighted by atomic mass is 10.1. The molecule has 0 spiro atoms. The maximum atomic E-state index is 13.6. The molecule has 0 saturated heterocycles. The minimum Gasteiger partial charge on any atom is -0.309 e. The van der Waals surface area contributed by atoms with E-state index in [4.69, 9.17) is 11.6 Å². The molecule has 0 fully saturated rings. The van der Waals surface area contributed by atoms with E-state index >= 15 is 0 Å². The molecule has 0 bridgehead atoms. The number of rotatable bonds is 4. The van der Waals surface area contributed by atoms with Gasteiger partial charge in [0.2, 0.25) is 0 Å². The van der Waals surface area contributed by atoms with Gasteiger partial charge in [-0.2, -0.15) is 0 Å². The zero-order valence-corrected chi connectivity index (χ0v) is 10.8. The molecule has 1 N–H and O–H groups in total. The van der Waals surface area contributed by atoms with Gasteiger partial charge >= 0.3 is 0 Å². The highest BCUT2D eigenvalue weighted by Crippen LogP contribution is 2.13. The van der Waals surface area contributed by atoms with E-state index in [1.54, 1.807) is 6.07 Å². The van der Waals surface area contributed by atoms with Gasteiger partial charge in [-0.25, -0.2) is 4.39 Å². The van der Waals surface area contributed by atoms with E-state index in [2.05, 4.69) is 5.32 Å². The first-order chi connectivity index (χ1) is 7.37. The molecular weight excluding hydrogens is 225 g/mol. The van der Waals surface area contributed by atoms with Crippen LogP contribution in [-0.4, -0.2) is 18.3 Å². The third-order valence-corrected chi connectivity index (χ3v) is 2.44. The standard InChI is InChI=1S/C13H19ClFN/c1-13(2,3)16-9-12(15)8-10-5-4-6-11(14)7-10/h4-7,12,16H,8-9H2,1-3H3. The Kier molecular flexibility index (Phi) is 4.75. The summed E-state index contributed by atoms with van der Waals surface area (Å²) in [6, 6.07) is 7.36. The summed E-state index contributed by atoms with van der Waals surface area (Å²) in [6.07, 6.45) is -0.471. The number of benzene rings is 1. The average molecular weight is 244 g/mol. The Labute approximate surface area is 102 Å². The van der Waals surface area contributed by atoms with Crippen molar-refractivity contribution in [3.8, 4) is 0 Å². The van der Waals surface area contributed by atoms with Crippen molar-refractivity contribution >= 4 is 11.6 Å². The molecular formula is C13H19ClFN. The first-order valence-corrected chi connectivity index (χ1v) is 5.88. The lowest BCUT2D eigenvalue weighted by Crippen LogP contribution is -2.40. The summed E-state index contributed by atoms with van der Waals surface area (Å²) >= 11 is 5.84. The third kappa shape index (κ3) is 5.47. The fourth-order valence-corrected chi connectivity index (χ4v) is 1.62. The zero-order chi connectivity index (χ0) is 12.2. The summed E-state index contributed by atoms with van der Waals surface area (Å²) in [4.78, 5) is 0. The summed E-state index contributed by atoms with van der Waals surface area (Å²) in [5, 5.41) is 3.81. The van der Waals surface area contributed by atoms with Crippen LogP contribution in [0.15, 0.2) is 24.3 Å². The van der Waals surface area contributed by atoms with E-state index in [9.17, 15) is 4.39 Å². The van der Waals surface area contributed by atoms with Crippen molar-refractivity contribution in [2.45, 2.75) is 38.9 Å². The van der Waals surface area contributed by atoms with E-state index in [1.165, 1.54) is 0 Å². The molecule has 1 atom stereocenters. The maximum Gasteiger partial charge on any atom is 0.117 e. The van der Waals surface area contributed by atoms with Crippen LogP contribution >= 0.6 is 11.6 Å². The van der Waals surface area contributed by atoms with Crippen LogP contribution in [0.2, 0.25) is 5.02 Å². The van der Waals surface area contributed by atoms with Crippen LogP contribution in [0.5, 0.6) is 0 Å². The van der Waals surface area contributed by atoms with Gasteiger partial charge in [-0.05, 0) is 38.5 Å². The molecule has 1 unspecified atom stereocenters. The Morgan fingerprint density at radius 2 is 2.06 bits per heavy atom. The smallest absolute Gasteiger partial charge is 0.117 e. The molecule has 3 heteroatoms. The minimum absolute atomic E-state index is 0.0430. The Morgan fingerprint density at radius 3 is 2.62 bits per heavy atom. The van der Waals surface area contributed by atoms with Crippen molar-refractivity contribution in [1.82, 2.24) is 5.32 Å². The van der Waals surface area contributed by atoms with Gasteiger partial charge in [0.05, 0.1) is 0 Å². The van der Waals surface area contributed by atoms with Gasteiger partial charge in [0.1, 0.15) is 6.17 Å². The van der Waals surface area contributed by atoms with E-state index in [-0.39, 0.29) is 5.54 Å². The first-order valence-electron chi connectivity index (χ1n) is 5.50. The second-order valence-electron chi connectivity index (χ2n) is 5.06. The van der Waals surface area contributed by atoms with Gasteiger partial charge in [0, 0.05) is 23.5 Å². The first kappa shape index (κ1) is 13.5. The molecule has 1 aromatic rings. The van der Waals surface area contributed by atoms with Crippen LogP contribution in [-0.2, 0) is 6.42 Å². The summed E-state index contributed by atoms with van der Waals surface area (Å²) in [5.74, 6) is 0. The van der Waals surface area contributed by atoms with Crippen LogP contribution in [0, 0.1) is 0 Å². The Bertz CT molecular complexity index is 333. The number of nitrogens with one attached hydrogen (secondary N) is 1. The van der Waals surface area contributed by atoms with Crippen LogP contribution in [0.25, 0.3) is 0 Å². The van der Waals surface area contributed by atoms with E-state index in [1.807, 2.05) is 39.0 Å². The van der Waals surface area contributed by atoms with Gasteiger partial charge < -0.3 is 5.32 Å². The van der Waals surface area contributed by atoms with Gasteiger partial charge in [0.15, 0.2) is 0 Å². The SMILES string of the molecule is CC(C)(C)NCC(F)Cc1cccc(Cl)c1. The number of halogens is 2. The van der Waals surface area contributed by atoms with Crippen molar-refractivity contribution in [2.24, 2.45) is 0 Å². The Morgan fingerprint density at radius 1 is 1.38 bits per heavy atom.